The van der Waals surface area contributed by atoms with Gasteiger partial charge in [0, 0.05) is 19.7 Å². The van der Waals surface area contributed by atoms with E-state index in [2.05, 4.69) is 17.0 Å². The fraction of sp³-hybridized carbons (Fsp3) is 0.600. The number of nitrogens with one attached hydrogen (secondary N) is 2. The van der Waals surface area contributed by atoms with Gasteiger partial charge in [0.2, 0.25) is 10.0 Å². The van der Waals surface area contributed by atoms with Crippen molar-refractivity contribution in [2.24, 2.45) is 0 Å². The molecule has 120 valence electrons. The van der Waals surface area contributed by atoms with Gasteiger partial charge in [-0.15, -0.1) is 0 Å². The van der Waals surface area contributed by atoms with Crippen LogP contribution in [0, 0.1) is 0 Å². The van der Waals surface area contributed by atoms with Crippen molar-refractivity contribution in [2.45, 2.75) is 38.6 Å². The molecule has 0 saturated heterocycles. The van der Waals surface area contributed by atoms with Crippen molar-refractivity contribution < 1.29 is 13.2 Å². The van der Waals surface area contributed by atoms with Crippen LogP contribution >= 0.6 is 0 Å². The summed E-state index contributed by atoms with van der Waals surface area (Å²) in [6.45, 7) is 5.98. The van der Waals surface area contributed by atoms with Crippen LogP contribution in [0.1, 0.15) is 31.4 Å². The average Bonchev–Trinajstić information content (AvgIpc) is 2.38. The summed E-state index contributed by atoms with van der Waals surface area (Å²) in [4.78, 5) is 0. The Morgan fingerprint density at radius 1 is 1.29 bits per heavy atom. The van der Waals surface area contributed by atoms with E-state index < -0.39 is 10.0 Å². The van der Waals surface area contributed by atoms with Gasteiger partial charge in [-0.05, 0) is 31.0 Å². The summed E-state index contributed by atoms with van der Waals surface area (Å²) >= 11 is 0. The Morgan fingerprint density at radius 2 is 2.00 bits per heavy atom. The van der Waals surface area contributed by atoms with E-state index in [1.807, 2.05) is 24.3 Å². The van der Waals surface area contributed by atoms with Crippen LogP contribution in [-0.4, -0.2) is 34.7 Å². The molecule has 5 nitrogen and oxygen atoms in total. The molecule has 0 spiro atoms. The van der Waals surface area contributed by atoms with Gasteiger partial charge in [-0.25, -0.2) is 13.1 Å². The maximum atomic E-state index is 12.1. The van der Waals surface area contributed by atoms with Crippen molar-refractivity contribution in [3.8, 4) is 0 Å². The van der Waals surface area contributed by atoms with Crippen molar-refractivity contribution in [1.82, 2.24) is 10.0 Å². The van der Waals surface area contributed by atoms with Crippen molar-refractivity contribution >= 4 is 10.0 Å². The molecule has 1 aromatic rings. The molecule has 0 heterocycles. The highest BCUT2D eigenvalue weighted by Gasteiger charge is 2.15. The highest BCUT2D eigenvalue weighted by atomic mass is 32.2. The molecule has 0 aliphatic carbocycles. The minimum atomic E-state index is -3.35. The minimum Gasteiger partial charge on any atom is -0.383 e. The molecule has 6 heteroatoms. The van der Waals surface area contributed by atoms with E-state index in [1.54, 1.807) is 14.0 Å². The number of hydrogen-bond acceptors (Lipinski definition) is 4. The molecular formula is C15H26N2O3S. The standard InChI is InChI=1S/C15H26N2O3S/c1-4-8-16-10-14-6-5-7-15(9-14)12-21(18,19)17-13(2)11-20-3/h5-7,9,13,16-17H,4,8,10-12H2,1-3H3. The van der Waals surface area contributed by atoms with Gasteiger partial charge < -0.3 is 10.1 Å². The average molecular weight is 314 g/mol. The largest absolute Gasteiger partial charge is 0.383 e. The van der Waals surface area contributed by atoms with E-state index in [0.29, 0.717) is 6.61 Å². The first kappa shape index (κ1) is 18.1. The molecule has 0 aromatic heterocycles. The van der Waals surface area contributed by atoms with Gasteiger partial charge >= 0.3 is 0 Å². The van der Waals surface area contributed by atoms with Crippen LogP contribution < -0.4 is 10.0 Å². The van der Waals surface area contributed by atoms with Gasteiger partial charge in [0.25, 0.3) is 0 Å². The Labute approximate surface area is 128 Å². The van der Waals surface area contributed by atoms with E-state index in [-0.39, 0.29) is 11.8 Å². The zero-order valence-electron chi connectivity index (χ0n) is 13.1. The molecule has 1 rings (SSSR count). The summed E-state index contributed by atoms with van der Waals surface area (Å²) < 4.78 is 31.7. The quantitative estimate of drug-likeness (QED) is 0.644. The van der Waals surface area contributed by atoms with Gasteiger partial charge in [-0.2, -0.15) is 0 Å². The second kappa shape index (κ2) is 9.15. The molecule has 0 bridgehead atoms. The third kappa shape index (κ3) is 7.57. The lowest BCUT2D eigenvalue weighted by atomic mass is 10.1. The summed E-state index contributed by atoms with van der Waals surface area (Å²) in [5.74, 6) is -0.0112. The van der Waals surface area contributed by atoms with Crippen molar-refractivity contribution in [1.29, 1.82) is 0 Å². The lowest BCUT2D eigenvalue weighted by molar-refractivity contribution is 0.180. The number of benzene rings is 1. The van der Waals surface area contributed by atoms with E-state index in [4.69, 9.17) is 4.74 Å². The number of hydrogen-bond donors (Lipinski definition) is 2. The molecule has 2 N–H and O–H groups in total. The van der Waals surface area contributed by atoms with Crippen LogP contribution in [0.15, 0.2) is 24.3 Å². The second-order valence-electron chi connectivity index (χ2n) is 5.23. The molecule has 0 saturated carbocycles. The first-order chi connectivity index (χ1) is 9.96. The van der Waals surface area contributed by atoms with Crippen LogP contribution in [-0.2, 0) is 27.1 Å². The maximum absolute atomic E-state index is 12.1. The van der Waals surface area contributed by atoms with Crippen molar-refractivity contribution in [3.63, 3.8) is 0 Å². The third-order valence-corrected chi connectivity index (χ3v) is 4.38. The van der Waals surface area contributed by atoms with E-state index in [0.717, 1.165) is 30.6 Å². The van der Waals surface area contributed by atoms with Gasteiger partial charge in [-0.1, -0.05) is 31.2 Å². The molecule has 0 aliphatic heterocycles. The first-order valence-electron chi connectivity index (χ1n) is 7.24. The van der Waals surface area contributed by atoms with Crippen LogP contribution in [0.3, 0.4) is 0 Å². The van der Waals surface area contributed by atoms with Crippen LogP contribution in [0.5, 0.6) is 0 Å². The Hall–Kier alpha value is -0.950. The van der Waals surface area contributed by atoms with Gasteiger partial charge in [0.05, 0.1) is 12.4 Å². The summed E-state index contributed by atoms with van der Waals surface area (Å²) in [6, 6.07) is 7.44. The first-order valence-corrected chi connectivity index (χ1v) is 8.89. The van der Waals surface area contributed by atoms with Crippen molar-refractivity contribution in [2.75, 3.05) is 20.3 Å². The van der Waals surface area contributed by atoms with E-state index in [1.165, 1.54) is 0 Å². The smallest absolute Gasteiger partial charge is 0.216 e. The highest BCUT2D eigenvalue weighted by molar-refractivity contribution is 7.88. The summed E-state index contributed by atoms with van der Waals surface area (Å²) in [5, 5.41) is 3.31. The van der Waals surface area contributed by atoms with Gasteiger partial charge in [-0.3, -0.25) is 0 Å². The molecule has 1 aromatic carbocycles. The summed E-state index contributed by atoms with van der Waals surface area (Å²) in [5.41, 5.74) is 1.89. The predicted octanol–water partition coefficient (Wildman–Crippen LogP) is 1.64. The monoisotopic (exact) mass is 314 g/mol. The fourth-order valence-corrected chi connectivity index (χ4v) is 3.47. The third-order valence-electron chi connectivity index (χ3n) is 2.90. The molecule has 0 amide bonds. The SMILES string of the molecule is CCCNCc1cccc(CS(=O)(=O)NC(C)COC)c1. The molecule has 0 fully saturated rings. The maximum Gasteiger partial charge on any atom is 0.216 e. The minimum absolute atomic E-state index is 0.0112. The Morgan fingerprint density at radius 3 is 2.67 bits per heavy atom. The number of rotatable bonds is 10. The topological polar surface area (TPSA) is 67.4 Å². The Balaban J connectivity index is 2.62. The van der Waals surface area contributed by atoms with E-state index in [9.17, 15) is 8.42 Å². The number of methoxy groups -OCH3 is 1. The Kier molecular flexibility index (Phi) is 7.88. The molecule has 0 radical (unpaired) electrons. The zero-order valence-corrected chi connectivity index (χ0v) is 13.9. The zero-order chi connectivity index (χ0) is 15.7. The van der Waals surface area contributed by atoms with Crippen molar-refractivity contribution in [3.05, 3.63) is 35.4 Å². The van der Waals surface area contributed by atoms with Crippen LogP contribution in [0.4, 0.5) is 0 Å². The lowest BCUT2D eigenvalue weighted by Gasteiger charge is -2.13. The van der Waals surface area contributed by atoms with Crippen LogP contribution in [0.25, 0.3) is 0 Å². The number of ether oxygens (including phenoxy) is 1. The van der Waals surface area contributed by atoms with E-state index >= 15 is 0 Å². The highest BCUT2D eigenvalue weighted by Crippen LogP contribution is 2.09. The Bertz CT molecular complexity index is 517. The molecule has 0 aliphatic rings. The lowest BCUT2D eigenvalue weighted by Crippen LogP contribution is -2.36. The predicted molar refractivity (Wildman–Crippen MR) is 85.5 cm³/mol. The number of sulfonamides is 1. The van der Waals surface area contributed by atoms with Gasteiger partial charge in [0.1, 0.15) is 0 Å². The van der Waals surface area contributed by atoms with Gasteiger partial charge in [0.15, 0.2) is 0 Å². The normalized spacial score (nSPS) is 13.3. The molecule has 1 unspecified atom stereocenters. The molecule has 1 atom stereocenters. The summed E-state index contributed by atoms with van der Waals surface area (Å²) in [6.07, 6.45) is 1.08. The second-order valence-corrected chi connectivity index (χ2v) is 6.98. The molecule has 21 heavy (non-hydrogen) atoms. The molecular weight excluding hydrogens is 288 g/mol. The van der Waals surface area contributed by atoms with Crippen LogP contribution in [0.2, 0.25) is 0 Å². The fourth-order valence-electron chi connectivity index (χ4n) is 2.09. The summed E-state index contributed by atoms with van der Waals surface area (Å²) in [7, 11) is -1.80.